The normalized spacial score (nSPS) is 12.4. The number of pyridine rings is 1. The first-order valence-corrected chi connectivity index (χ1v) is 10.0. The van der Waals surface area contributed by atoms with E-state index >= 15 is 0 Å². The Hall–Kier alpha value is -3.05. The maximum absolute atomic E-state index is 14.4. The quantitative estimate of drug-likeness (QED) is 0.490. The van der Waals surface area contributed by atoms with Crippen molar-refractivity contribution < 1.29 is 18.4 Å². The number of halogens is 1. The van der Waals surface area contributed by atoms with E-state index in [1.165, 1.54) is 30.3 Å². The number of thioether (sulfide) groups is 1. The number of aryl methyl sites for hydroxylation is 1. The third-order valence-corrected chi connectivity index (χ3v) is 5.06. The van der Waals surface area contributed by atoms with E-state index < -0.39 is 16.8 Å². The van der Waals surface area contributed by atoms with E-state index in [0.717, 1.165) is 5.56 Å². The molecule has 0 bridgehead atoms. The Bertz CT molecular complexity index is 1100. The number of nitrogens with one attached hydrogen (secondary N) is 1. The van der Waals surface area contributed by atoms with Crippen molar-refractivity contribution in [3.05, 3.63) is 53.3 Å². The average Bonchev–Trinajstić information content (AvgIpc) is 3.12. The molecule has 0 spiro atoms. The van der Waals surface area contributed by atoms with E-state index in [2.05, 4.69) is 21.4 Å². The lowest BCUT2D eigenvalue weighted by Gasteiger charge is -2.27. The summed E-state index contributed by atoms with van der Waals surface area (Å²) >= 11 is 1.19. The van der Waals surface area contributed by atoms with Crippen LogP contribution in [-0.4, -0.2) is 27.7 Å². The Morgan fingerprint density at radius 2 is 2.17 bits per heavy atom. The predicted octanol–water partition coefficient (Wildman–Crippen LogP) is 3.77. The summed E-state index contributed by atoms with van der Waals surface area (Å²) in [6.07, 6.45) is 10.1. The lowest BCUT2D eigenvalue weighted by atomic mass is 9.97. The maximum atomic E-state index is 14.4. The van der Waals surface area contributed by atoms with E-state index in [1.54, 1.807) is 18.4 Å². The number of nitrogens with zero attached hydrogens (tertiary/aromatic N) is 2. The predicted molar refractivity (Wildman–Crippen MR) is 110 cm³/mol. The highest BCUT2D eigenvalue weighted by molar-refractivity contribution is 7.99. The van der Waals surface area contributed by atoms with Gasteiger partial charge in [0.15, 0.2) is 5.82 Å². The van der Waals surface area contributed by atoms with Crippen molar-refractivity contribution in [2.45, 2.75) is 31.7 Å². The van der Waals surface area contributed by atoms with Crippen LogP contribution in [-0.2, 0) is 10.3 Å². The lowest BCUT2D eigenvalue weighted by molar-refractivity contribution is -0.126. The summed E-state index contributed by atoms with van der Waals surface area (Å²) in [6.45, 7) is 5.48. The Labute approximate surface area is 172 Å². The molecule has 8 heteroatoms. The van der Waals surface area contributed by atoms with Crippen LogP contribution in [0.15, 0.2) is 35.2 Å². The van der Waals surface area contributed by atoms with Crippen molar-refractivity contribution in [1.29, 1.82) is 0 Å². The van der Waals surface area contributed by atoms with Gasteiger partial charge >= 0.3 is 0 Å². The number of aromatic nitrogens is 2. The Balaban J connectivity index is 1.83. The van der Waals surface area contributed by atoms with Crippen molar-refractivity contribution in [3.8, 4) is 18.1 Å². The van der Waals surface area contributed by atoms with Gasteiger partial charge in [-0.1, -0.05) is 11.1 Å². The summed E-state index contributed by atoms with van der Waals surface area (Å²) < 4.78 is 25.2. The second-order valence-corrected chi connectivity index (χ2v) is 7.89. The molecule has 3 aromatic rings. The van der Waals surface area contributed by atoms with Crippen LogP contribution in [0.5, 0.6) is 5.75 Å². The summed E-state index contributed by atoms with van der Waals surface area (Å²) in [5.74, 6) is 1.74. The maximum Gasteiger partial charge on any atom is 0.272 e. The summed E-state index contributed by atoms with van der Waals surface area (Å²) in [5, 5.41) is 7.36. The molecular formula is C21H20FN3O3S. The summed E-state index contributed by atoms with van der Waals surface area (Å²) in [4.78, 5) is 16.8. The zero-order valence-electron chi connectivity index (χ0n) is 16.4. The van der Waals surface area contributed by atoms with Gasteiger partial charge in [0.05, 0.1) is 5.54 Å². The number of carbonyl (C=O) groups is 1. The van der Waals surface area contributed by atoms with Gasteiger partial charge in [0.2, 0.25) is 5.44 Å². The highest BCUT2D eigenvalue weighted by Gasteiger charge is 2.31. The van der Waals surface area contributed by atoms with E-state index in [9.17, 15) is 9.18 Å². The minimum absolute atomic E-state index is 0.184. The van der Waals surface area contributed by atoms with Crippen LogP contribution in [0.2, 0.25) is 0 Å². The van der Waals surface area contributed by atoms with Crippen LogP contribution >= 0.6 is 11.8 Å². The molecule has 3 rings (SSSR count). The van der Waals surface area contributed by atoms with Gasteiger partial charge in [-0.15, -0.1) is 18.2 Å². The smallest absolute Gasteiger partial charge is 0.272 e. The summed E-state index contributed by atoms with van der Waals surface area (Å²) in [5.41, 5.74) is 0.482. The average molecular weight is 413 g/mol. The largest absolute Gasteiger partial charge is 0.470 e. The van der Waals surface area contributed by atoms with Crippen molar-refractivity contribution in [1.82, 2.24) is 15.5 Å². The zero-order chi connectivity index (χ0) is 21.2. The van der Waals surface area contributed by atoms with Crippen LogP contribution in [0.25, 0.3) is 10.9 Å². The molecular weight excluding hydrogens is 393 g/mol. The molecule has 2 aromatic heterocycles. The molecule has 0 aliphatic heterocycles. The molecule has 0 fully saturated rings. The molecule has 1 aromatic carbocycles. The van der Waals surface area contributed by atoms with E-state index in [-0.39, 0.29) is 17.2 Å². The van der Waals surface area contributed by atoms with E-state index in [0.29, 0.717) is 16.6 Å². The van der Waals surface area contributed by atoms with Crippen molar-refractivity contribution in [2.75, 3.05) is 6.26 Å². The summed E-state index contributed by atoms with van der Waals surface area (Å²) in [6, 6.07) is 4.45. The van der Waals surface area contributed by atoms with Crippen molar-refractivity contribution in [3.63, 3.8) is 0 Å². The van der Waals surface area contributed by atoms with Crippen LogP contribution in [0, 0.1) is 25.1 Å². The first-order chi connectivity index (χ1) is 13.7. The fourth-order valence-electron chi connectivity index (χ4n) is 2.98. The number of hydrogen-bond acceptors (Lipinski definition) is 6. The fourth-order valence-corrected chi connectivity index (χ4v) is 3.46. The van der Waals surface area contributed by atoms with Crippen LogP contribution in [0.3, 0.4) is 0 Å². The molecule has 1 atom stereocenters. The zero-order valence-corrected chi connectivity index (χ0v) is 17.3. The number of amides is 1. The first-order valence-electron chi connectivity index (χ1n) is 8.74. The summed E-state index contributed by atoms with van der Waals surface area (Å²) in [7, 11) is 0. The van der Waals surface area contributed by atoms with Crippen molar-refractivity contribution in [2.24, 2.45) is 0 Å². The first kappa shape index (κ1) is 20.7. The molecule has 2 heterocycles. The van der Waals surface area contributed by atoms with Gasteiger partial charge in [0.1, 0.15) is 23.2 Å². The standard InChI is InChI=1S/C21H20FN3O3S/c1-6-13-7-14-8-15(9-16(22)17(14)23-10-13)28-20(29-5)19(26)24-21(3,4)18-12(2)11-27-25-18/h1,7-11,20H,2-5H3,(H,24,26). The Kier molecular flexibility index (Phi) is 5.80. The monoisotopic (exact) mass is 413 g/mol. The molecule has 6 nitrogen and oxygen atoms in total. The molecule has 0 saturated heterocycles. The molecule has 1 N–H and O–H groups in total. The van der Waals surface area contributed by atoms with Gasteiger partial charge < -0.3 is 14.6 Å². The molecule has 1 amide bonds. The van der Waals surface area contributed by atoms with Gasteiger partial charge in [-0.05, 0) is 39.2 Å². The number of rotatable bonds is 6. The van der Waals surface area contributed by atoms with E-state index in [4.69, 9.17) is 15.7 Å². The second kappa shape index (κ2) is 8.13. The second-order valence-electron chi connectivity index (χ2n) is 6.99. The third-order valence-electron chi connectivity index (χ3n) is 4.32. The number of terminal acetylenes is 1. The van der Waals surface area contributed by atoms with E-state index in [1.807, 2.05) is 20.8 Å². The minimum Gasteiger partial charge on any atom is -0.470 e. The topological polar surface area (TPSA) is 77.2 Å². The number of carbonyl (C=O) groups excluding carboxylic acids is 1. The molecule has 0 saturated carbocycles. The van der Waals surface area contributed by atoms with Gasteiger partial charge in [0.25, 0.3) is 5.91 Å². The molecule has 0 radical (unpaired) electrons. The van der Waals surface area contributed by atoms with Gasteiger partial charge in [-0.2, -0.15) is 0 Å². The van der Waals surface area contributed by atoms with Crippen LogP contribution < -0.4 is 10.1 Å². The molecule has 0 aliphatic carbocycles. The van der Waals surface area contributed by atoms with Gasteiger partial charge in [0, 0.05) is 28.8 Å². The number of hydrogen-bond donors (Lipinski definition) is 1. The number of benzene rings is 1. The van der Waals surface area contributed by atoms with Crippen LogP contribution in [0.4, 0.5) is 4.39 Å². The SMILES string of the molecule is C#Cc1cnc2c(F)cc(OC(SC)C(=O)NC(C)(C)c3nocc3C)cc2c1. The van der Waals surface area contributed by atoms with Gasteiger partial charge in [-0.3, -0.25) is 9.78 Å². The fraction of sp³-hybridized carbons (Fsp3) is 0.286. The lowest BCUT2D eigenvalue weighted by Crippen LogP contribution is -2.47. The van der Waals surface area contributed by atoms with Gasteiger partial charge in [-0.25, -0.2) is 4.39 Å². The van der Waals surface area contributed by atoms with Crippen molar-refractivity contribution >= 4 is 28.6 Å². The third kappa shape index (κ3) is 4.35. The Morgan fingerprint density at radius 3 is 2.79 bits per heavy atom. The highest BCUT2D eigenvalue weighted by Crippen LogP contribution is 2.27. The Morgan fingerprint density at radius 1 is 1.41 bits per heavy atom. The highest BCUT2D eigenvalue weighted by atomic mass is 32.2. The number of fused-ring (bicyclic) bond motifs is 1. The molecule has 150 valence electrons. The molecule has 0 aliphatic rings. The number of ether oxygens (including phenoxy) is 1. The van der Waals surface area contributed by atoms with Crippen LogP contribution in [0.1, 0.15) is 30.7 Å². The minimum atomic E-state index is -0.901. The molecule has 29 heavy (non-hydrogen) atoms. The molecule has 1 unspecified atom stereocenters.